The number of anilines is 2. The van der Waals surface area contributed by atoms with Gasteiger partial charge in [-0.2, -0.15) is 10.0 Å². The van der Waals surface area contributed by atoms with Crippen molar-refractivity contribution in [2.75, 3.05) is 25.1 Å². The number of pyridine rings is 2. The molecule has 0 radical (unpaired) electrons. The summed E-state index contributed by atoms with van der Waals surface area (Å²) in [5, 5.41) is 2.05. The standard InChI is InChI=1S/2C15H13N3O3.2ClH.2H3N.H2O/c2*1-21-12-3-2-10-8-14(19)18(15(20)13(10)9-12)17-11-4-6-16-7-5-11;;;;;/h2*2-7,9H,8H2,1H3,(H,16,17);2*1H;2*1H3;1H2. The van der Waals surface area contributed by atoms with Gasteiger partial charge in [-0.1, -0.05) is 12.1 Å². The SMILES string of the molecule is COc1ccc2c(c1)C(=O)N(Nc1ccncc1)C(=O)C2.COc1ccc2c(c1)C(=O)N(Nc1ccncc1)C(=O)C2.Cl.Cl.N.N.O. The van der Waals surface area contributed by atoms with Crippen LogP contribution in [0.15, 0.2) is 85.5 Å². The van der Waals surface area contributed by atoms with Gasteiger partial charge in [-0.15, -0.1) is 24.8 Å². The predicted molar refractivity (Wildman–Crippen MR) is 180 cm³/mol. The van der Waals surface area contributed by atoms with E-state index in [0.29, 0.717) is 45.1 Å². The molecule has 0 atom stereocenters. The number of nitrogens with one attached hydrogen (secondary N) is 2. The largest absolute Gasteiger partial charge is 0.497 e. The van der Waals surface area contributed by atoms with E-state index < -0.39 is 11.8 Å². The summed E-state index contributed by atoms with van der Waals surface area (Å²) >= 11 is 0. The Morgan fingerprint density at radius 2 is 0.936 bits per heavy atom. The summed E-state index contributed by atoms with van der Waals surface area (Å²) in [7, 11) is 3.07. The third-order valence-corrected chi connectivity index (χ3v) is 6.53. The van der Waals surface area contributed by atoms with Gasteiger partial charge < -0.3 is 27.3 Å². The van der Waals surface area contributed by atoms with E-state index in [9.17, 15) is 19.2 Å². The number of amides is 4. The first-order chi connectivity index (χ1) is 20.4. The Labute approximate surface area is 282 Å². The molecule has 4 amide bonds. The molecule has 2 aliphatic rings. The molecule has 2 aliphatic heterocycles. The van der Waals surface area contributed by atoms with Crippen molar-refractivity contribution in [3.8, 4) is 11.5 Å². The number of methoxy groups -OCH3 is 2. The molecule has 2 aromatic carbocycles. The Morgan fingerprint density at radius 1 is 0.596 bits per heavy atom. The normalized spacial score (nSPS) is 12.4. The minimum Gasteiger partial charge on any atom is -0.497 e. The number of aromatic nitrogens is 2. The van der Waals surface area contributed by atoms with E-state index in [1.54, 1.807) is 85.5 Å². The molecule has 10 N–H and O–H groups in total. The molecule has 0 fully saturated rings. The molecule has 4 aromatic rings. The molecule has 0 unspecified atom stereocenters. The number of hydrazine groups is 2. The molecule has 2 aromatic heterocycles. The highest BCUT2D eigenvalue weighted by molar-refractivity contribution is 6.11. The Balaban J connectivity index is 0.000000814. The number of hydrogen-bond acceptors (Lipinski definition) is 12. The summed E-state index contributed by atoms with van der Waals surface area (Å²) in [5.74, 6) is -0.210. The van der Waals surface area contributed by atoms with Crippen molar-refractivity contribution >= 4 is 59.8 Å². The first kappa shape index (κ1) is 41.7. The number of halogens is 2. The average Bonchev–Trinajstić information content (AvgIpc) is 3.02. The van der Waals surface area contributed by atoms with Crippen LogP contribution in [0.2, 0.25) is 0 Å². The minimum atomic E-state index is -0.392. The van der Waals surface area contributed by atoms with Crippen LogP contribution in [0, 0.1) is 0 Å². The van der Waals surface area contributed by atoms with Crippen molar-refractivity contribution in [1.82, 2.24) is 32.3 Å². The van der Waals surface area contributed by atoms with Crippen LogP contribution in [0.1, 0.15) is 31.8 Å². The van der Waals surface area contributed by atoms with Gasteiger partial charge in [0, 0.05) is 35.9 Å². The fourth-order valence-corrected chi connectivity index (χ4v) is 4.36. The lowest BCUT2D eigenvalue weighted by Crippen LogP contribution is -2.45. The number of imide groups is 2. The smallest absolute Gasteiger partial charge is 0.279 e. The van der Waals surface area contributed by atoms with Crippen LogP contribution in [-0.2, 0) is 22.4 Å². The van der Waals surface area contributed by atoms with Crippen LogP contribution in [0.3, 0.4) is 0 Å². The molecule has 0 spiro atoms. The van der Waals surface area contributed by atoms with Crippen molar-refractivity contribution in [2.45, 2.75) is 12.8 Å². The number of carbonyl (C=O) groups excluding carboxylic acids is 4. The summed E-state index contributed by atoms with van der Waals surface area (Å²) in [5.41, 5.74) is 9.22. The van der Waals surface area contributed by atoms with E-state index in [4.69, 9.17) is 9.47 Å². The Morgan fingerprint density at radius 3 is 1.26 bits per heavy atom. The number of ether oxygens (including phenoxy) is 2. The maximum Gasteiger partial charge on any atom is 0.279 e. The molecular weight excluding hydrogens is 655 g/mol. The lowest BCUT2D eigenvalue weighted by atomic mass is 9.99. The maximum atomic E-state index is 12.5. The third-order valence-electron chi connectivity index (χ3n) is 6.53. The maximum absolute atomic E-state index is 12.5. The van der Waals surface area contributed by atoms with Gasteiger partial charge in [-0.25, -0.2) is 0 Å². The van der Waals surface area contributed by atoms with Gasteiger partial charge in [0.15, 0.2) is 0 Å². The fourth-order valence-electron chi connectivity index (χ4n) is 4.36. The molecule has 0 saturated carbocycles. The van der Waals surface area contributed by atoms with Gasteiger partial charge in [0.05, 0.1) is 38.4 Å². The summed E-state index contributed by atoms with van der Waals surface area (Å²) in [4.78, 5) is 57.0. The van der Waals surface area contributed by atoms with E-state index in [0.717, 1.165) is 10.0 Å². The van der Waals surface area contributed by atoms with Crippen LogP contribution in [0.4, 0.5) is 11.4 Å². The van der Waals surface area contributed by atoms with Crippen LogP contribution >= 0.6 is 24.8 Å². The zero-order valence-corrected chi connectivity index (χ0v) is 27.1. The number of hydrogen-bond donors (Lipinski definition) is 4. The Hall–Kier alpha value is -5.32. The summed E-state index contributed by atoms with van der Waals surface area (Å²) in [6, 6.07) is 17.0. The minimum absolute atomic E-state index is 0. The number of rotatable bonds is 6. The number of carbonyl (C=O) groups is 4. The second-order valence-corrected chi connectivity index (χ2v) is 9.16. The Bertz CT molecular complexity index is 1540. The fraction of sp³-hybridized carbons (Fsp3) is 0.133. The van der Waals surface area contributed by atoms with Crippen LogP contribution < -0.4 is 32.6 Å². The monoisotopic (exact) mass is 690 g/mol. The first-order valence-corrected chi connectivity index (χ1v) is 12.8. The van der Waals surface area contributed by atoms with Crippen molar-refractivity contribution in [2.24, 2.45) is 0 Å². The molecule has 252 valence electrons. The Kier molecular flexibility index (Phi) is 16.5. The third kappa shape index (κ3) is 9.35. The highest BCUT2D eigenvalue weighted by Crippen LogP contribution is 2.26. The zero-order chi connectivity index (χ0) is 29.6. The van der Waals surface area contributed by atoms with Crippen LogP contribution in [0.5, 0.6) is 11.5 Å². The number of benzene rings is 2. The van der Waals surface area contributed by atoms with E-state index in [2.05, 4.69) is 20.8 Å². The number of nitrogens with zero attached hydrogens (tertiary/aromatic N) is 4. The zero-order valence-electron chi connectivity index (χ0n) is 25.5. The van der Waals surface area contributed by atoms with Crippen LogP contribution in [-0.4, -0.2) is 63.3 Å². The van der Waals surface area contributed by atoms with Gasteiger partial charge in [0.2, 0.25) is 0 Å². The molecular formula is C30H36Cl2N8O7. The van der Waals surface area contributed by atoms with Crippen molar-refractivity contribution in [3.05, 3.63) is 108 Å². The predicted octanol–water partition coefficient (Wildman–Crippen LogP) is 3.63. The highest BCUT2D eigenvalue weighted by atomic mass is 35.5. The summed E-state index contributed by atoms with van der Waals surface area (Å²) < 4.78 is 10.2. The molecule has 4 heterocycles. The lowest BCUT2D eigenvalue weighted by Gasteiger charge is -2.27. The van der Waals surface area contributed by atoms with Crippen molar-refractivity contribution in [1.29, 1.82) is 0 Å². The van der Waals surface area contributed by atoms with Crippen molar-refractivity contribution in [3.63, 3.8) is 0 Å². The lowest BCUT2D eigenvalue weighted by molar-refractivity contribution is -0.128. The van der Waals surface area contributed by atoms with Gasteiger partial charge in [0.1, 0.15) is 11.5 Å². The molecule has 15 nitrogen and oxygen atoms in total. The second-order valence-electron chi connectivity index (χ2n) is 9.16. The number of fused-ring (bicyclic) bond motifs is 2. The van der Waals surface area contributed by atoms with Crippen LogP contribution in [0.25, 0.3) is 0 Å². The molecule has 17 heteroatoms. The molecule has 0 saturated heterocycles. The molecule has 0 aliphatic carbocycles. The topological polar surface area (TPSA) is 245 Å². The molecule has 47 heavy (non-hydrogen) atoms. The average molecular weight is 692 g/mol. The molecule has 6 rings (SSSR count). The van der Waals surface area contributed by atoms with E-state index in [1.165, 1.54) is 14.2 Å². The highest BCUT2D eigenvalue weighted by Gasteiger charge is 2.32. The quantitative estimate of drug-likeness (QED) is 0.212. The van der Waals surface area contributed by atoms with Gasteiger partial charge >= 0.3 is 0 Å². The van der Waals surface area contributed by atoms with Gasteiger partial charge in [-0.3, -0.25) is 40.0 Å². The van der Waals surface area contributed by atoms with Gasteiger partial charge in [-0.05, 0) is 59.7 Å². The van der Waals surface area contributed by atoms with E-state index in [1.807, 2.05) is 0 Å². The van der Waals surface area contributed by atoms with E-state index >= 15 is 0 Å². The van der Waals surface area contributed by atoms with Gasteiger partial charge in [0.25, 0.3) is 23.6 Å². The van der Waals surface area contributed by atoms with Crippen molar-refractivity contribution < 1.29 is 34.1 Å². The summed E-state index contributed by atoms with van der Waals surface area (Å²) in [6.45, 7) is 0. The first-order valence-electron chi connectivity index (χ1n) is 12.8. The second kappa shape index (κ2) is 18.6. The molecule has 0 bridgehead atoms. The van der Waals surface area contributed by atoms with E-state index in [-0.39, 0.29) is 67.2 Å². The summed E-state index contributed by atoms with van der Waals surface area (Å²) in [6.07, 6.45) is 6.67.